The zero-order valence-corrected chi connectivity index (χ0v) is 10.1. The number of aliphatic hydroxyl groups excluding tert-OH is 1. The Kier molecular flexibility index (Phi) is 3.35. The van der Waals surface area contributed by atoms with Crippen molar-refractivity contribution in [2.24, 2.45) is 0 Å². The molecule has 0 bridgehead atoms. The number of methoxy groups -OCH3 is 2. The van der Waals surface area contributed by atoms with Gasteiger partial charge in [-0.1, -0.05) is 0 Å². The molecular weight excluding hydrogens is 240 g/mol. The Labute approximate surface area is 103 Å². The van der Waals surface area contributed by atoms with Crippen LogP contribution in [0, 0.1) is 10.1 Å². The largest absolute Gasteiger partial charge is 0.493 e. The minimum atomic E-state index is -1.06. The van der Waals surface area contributed by atoms with E-state index in [1.165, 1.54) is 14.2 Å². The smallest absolute Gasteiger partial charge is 0.322 e. The van der Waals surface area contributed by atoms with Gasteiger partial charge in [-0.3, -0.25) is 15.4 Å². The molecule has 1 aliphatic heterocycles. The first kappa shape index (κ1) is 12.6. The van der Waals surface area contributed by atoms with Crippen molar-refractivity contribution in [3.63, 3.8) is 0 Å². The summed E-state index contributed by atoms with van der Waals surface area (Å²) in [5, 5.41) is 23.8. The third-order valence-corrected chi connectivity index (χ3v) is 2.96. The molecule has 0 aliphatic carbocycles. The molecule has 1 heterocycles. The minimum Gasteiger partial charge on any atom is -0.493 e. The van der Waals surface area contributed by atoms with E-state index in [0.29, 0.717) is 24.3 Å². The molecule has 7 nitrogen and oxygen atoms in total. The van der Waals surface area contributed by atoms with Gasteiger partial charge in [0.05, 0.1) is 24.7 Å². The molecule has 0 aromatic heterocycles. The van der Waals surface area contributed by atoms with Gasteiger partial charge in [0.1, 0.15) is 6.23 Å². The van der Waals surface area contributed by atoms with Crippen LogP contribution in [0.2, 0.25) is 0 Å². The average molecular weight is 254 g/mol. The predicted molar refractivity (Wildman–Crippen MR) is 62.9 cm³/mol. The first-order chi connectivity index (χ1) is 8.60. The van der Waals surface area contributed by atoms with E-state index in [2.05, 4.69) is 5.32 Å². The first-order valence-corrected chi connectivity index (χ1v) is 5.43. The number of aliphatic hydroxyl groups is 1. The van der Waals surface area contributed by atoms with E-state index in [4.69, 9.17) is 9.47 Å². The number of fused-ring (bicyclic) bond motifs is 1. The number of rotatable bonds is 3. The van der Waals surface area contributed by atoms with E-state index in [9.17, 15) is 15.2 Å². The number of hydrogen-bond acceptors (Lipinski definition) is 6. The van der Waals surface area contributed by atoms with Crippen LogP contribution in [-0.2, 0) is 6.42 Å². The lowest BCUT2D eigenvalue weighted by Gasteiger charge is -2.24. The number of nitro benzene ring substituents is 1. The van der Waals surface area contributed by atoms with Crippen molar-refractivity contribution in [1.82, 2.24) is 5.32 Å². The van der Waals surface area contributed by atoms with Gasteiger partial charge in [0, 0.05) is 6.54 Å². The fourth-order valence-corrected chi connectivity index (χ4v) is 2.18. The number of hydrogen-bond donors (Lipinski definition) is 2. The van der Waals surface area contributed by atoms with E-state index in [-0.39, 0.29) is 17.0 Å². The molecule has 0 spiro atoms. The van der Waals surface area contributed by atoms with Crippen molar-refractivity contribution in [3.05, 3.63) is 27.3 Å². The highest BCUT2D eigenvalue weighted by Gasteiger charge is 2.33. The van der Waals surface area contributed by atoms with E-state index in [1.807, 2.05) is 0 Å². The average Bonchev–Trinajstić information content (AvgIpc) is 2.36. The second kappa shape index (κ2) is 4.79. The number of nitrogens with one attached hydrogen (secondary N) is 1. The predicted octanol–water partition coefficient (Wildman–Crippen LogP) is 0.749. The Balaban J connectivity index is 2.74. The van der Waals surface area contributed by atoms with Gasteiger partial charge < -0.3 is 14.6 Å². The molecule has 1 unspecified atom stereocenters. The molecule has 0 saturated heterocycles. The van der Waals surface area contributed by atoms with Crippen LogP contribution in [0.5, 0.6) is 11.5 Å². The second-order valence-electron chi connectivity index (χ2n) is 3.90. The molecule has 2 N–H and O–H groups in total. The van der Waals surface area contributed by atoms with Gasteiger partial charge in [-0.2, -0.15) is 0 Å². The topological polar surface area (TPSA) is 93.9 Å². The van der Waals surface area contributed by atoms with Crippen molar-refractivity contribution in [2.45, 2.75) is 12.6 Å². The molecule has 0 fully saturated rings. The molecule has 7 heteroatoms. The maximum Gasteiger partial charge on any atom is 0.322 e. The van der Waals surface area contributed by atoms with Crippen molar-refractivity contribution in [3.8, 4) is 11.5 Å². The number of ether oxygens (including phenoxy) is 2. The van der Waals surface area contributed by atoms with Gasteiger partial charge in [0.15, 0.2) is 5.75 Å². The fourth-order valence-electron chi connectivity index (χ4n) is 2.18. The summed E-state index contributed by atoms with van der Waals surface area (Å²) >= 11 is 0. The maximum absolute atomic E-state index is 11.2. The van der Waals surface area contributed by atoms with Crippen molar-refractivity contribution in [2.75, 3.05) is 20.8 Å². The molecular formula is C11H14N2O5. The lowest BCUT2D eigenvalue weighted by Crippen LogP contribution is -2.30. The Hall–Kier alpha value is -1.86. The Morgan fingerprint density at radius 3 is 2.78 bits per heavy atom. The summed E-state index contributed by atoms with van der Waals surface area (Å²) in [5.41, 5.74) is 0.709. The lowest BCUT2D eigenvalue weighted by molar-refractivity contribution is -0.387. The zero-order chi connectivity index (χ0) is 13.3. The zero-order valence-electron chi connectivity index (χ0n) is 10.1. The van der Waals surface area contributed by atoms with Crippen molar-refractivity contribution >= 4 is 5.69 Å². The molecule has 2 rings (SSSR count). The van der Waals surface area contributed by atoms with Gasteiger partial charge in [-0.15, -0.1) is 0 Å². The van der Waals surface area contributed by atoms with E-state index in [1.54, 1.807) is 6.07 Å². The monoisotopic (exact) mass is 254 g/mol. The lowest BCUT2D eigenvalue weighted by atomic mass is 9.96. The third-order valence-electron chi connectivity index (χ3n) is 2.96. The van der Waals surface area contributed by atoms with Crippen LogP contribution in [0.4, 0.5) is 5.69 Å². The molecule has 98 valence electrons. The van der Waals surface area contributed by atoms with Crippen LogP contribution >= 0.6 is 0 Å². The van der Waals surface area contributed by atoms with Crippen LogP contribution < -0.4 is 14.8 Å². The van der Waals surface area contributed by atoms with Gasteiger partial charge in [0.25, 0.3) is 0 Å². The normalized spacial score (nSPS) is 18.1. The molecule has 0 amide bonds. The Morgan fingerprint density at radius 1 is 1.50 bits per heavy atom. The van der Waals surface area contributed by atoms with E-state index in [0.717, 1.165) is 0 Å². The summed E-state index contributed by atoms with van der Waals surface area (Å²) in [5.74, 6) is 0.334. The van der Waals surface area contributed by atoms with Gasteiger partial charge >= 0.3 is 5.69 Å². The van der Waals surface area contributed by atoms with E-state index < -0.39 is 11.2 Å². The summed E-state index contributed by atoms with van der Waals surface area (Å²) in [6.45, 7) is 0.556. The highest BCUT2D eigenvalue weighted by Crippen LogP contribution is 2.44. The van der Waals surface area contributed by atoms with Crippen LogP contribution in [0.3, 0.4) is 0 Å². The van der Waals surface area contributed by atoms with Gasteiger partial charge in [-0.05, 0) is 18.1 Å². The SMILES string of the molecule is COc1cc2c(c([N+](=O)[O-])c1OC)C(O)NCC2. The van der Waals surface area contributed by atoms with Crippen LogP contribution in [-0.4, -0.2) is 30.8 Å². The molecule has 1 aliphatic rings. The van der Waals surface area contributed by atoms with Gasteiger partial charge in [0.2, 0.25) is 5.75 Å². The molecule has 1 aromatic rings. The fraction of sp³-hybridized carbons (Fsp3) is 0.455. The first-order valence-electron chi connectivity index (χ1n) is 5.43. The summed E-state index contributed by atoms with van der Waals surface area (Å²) in [6, 6.07) is 1.67. The number of benzene rings is 1. The summed E-state index contributed by atoms with van der Waals surface area (Å²) in [4.78, 5) is 10.6. The molecule has 18 heavy (non-hydrogen) atoms. The summed E-state index contributed by atoms with van der Waals surface area (Å²) < 4.78 is 10.1. The van der Waals surface area contributed by atoms with Crippen molar-refractivity contribution in [1.29, 1.82) is 0 Å². The molecule has 1 aromatic carbocycles. The van der Waals surface area contributed by atoms with Crippen LogP contribution in [0.15, 0.2) is 6.07 Å². The molecule has 0 saturated carbocycles. The van der Waals surface area contributed by atoms with Crippen LogP contribution in [0.25, 0.3) is 0 Å². The summed E-state index contributed by atoms with van der Waals surface area (Å²) in [6.07, 6.45) is -0.470. The minimum absolute atomic E-state index is 0.0315. The van der Waals surface area contributed by atoms with Crippen LogP contribution in [0.1, 0.15) is 17.4 Å². The molecule has 0 radical (unpaired) electrons. The Morgan fingerprint density at radius 2 is 2.22 bits per heavy atom. The maximum atomic E-state index is 11.2. The quantitative estimate of drug-likeness (QED) is 0.610. The molecule has 1 atom stereocenters. The highest BCUT2D eigenvalue weighted by molar-refractivity contribution is 5.64. The number of nitro groups is 1. The summed E-state index contributed by atoms with van der Waals surface area (Å²) in [7, 11) is 2.76. The second-order valence-corrected chi connectivity index (χ2v) is 3.90. The van der Waals surface area contributed by atoms with Gasteiger partial charge in [-0.25, -0.2) is 0 Å². The highest BCUT2D eigenvalue weighted by atomic mass is 16.6. The van der Waals surface area contributed by atoms with Crippen molar-refractivity contribution < 1.29 is 19.5 Å². The number of nitrogens with zero attached hydrogens (tertiary/aromatic N) is 1. The van der Waals surface area contributed by atoms with E-state index >= 15 is 0 Å². The Bertz CT molecular complexity index is 489. The third kappa shape index (κ3) is 1.87. The standard InChI is InChI=1S/C11H14N2O5/c1-17-7-5-6-3-4-12-11(14)8(6)9(13(15)16)10(7)18-2/h5,11-12,14H,3-4H2,1-2H3.